The highest BCUT2D eigenvalue weighted by molar-refractivity contribution is 9.09. The quantitative estimate of drug-likeness (QED) is 0.0111. The number of alkyl halides is 1. The van der Waals surface area contributed by atoms with E-state index in [-0.39, 0.29) is 41.4 Å². The number of nitrogens with one attached hydrogen (secondary N) is 2. The molecule has 0 spiro atoms. The Balaban J connectivity index is 1.00. The highest BCUT2D eigenvalue weighted by atomic mass is 79.9. The lowest BCUT2D eigenvalue weighted by molar-refractivity contribution is -0.152. The van der Waals surface area contributed by atoms with Gasteiger partial charge in [-0.15, -0.1) is 11.3 Å². The number of hydrogen-bond acceptors (Lipinski definition) is 11. The third-order valence-electron chi connectivity index (χ3n) is 13.4. The molecular formula is C59H52BrN7O6S2. The van der Waals surface area contributed by atoms with Gasteiger partial charge in [-0.3, -0.25) is 14.5 Å². The number of amides is 2. The van der Waals surface area contributed by atoms with Gasteiger partial charge >= 0.3 is 5.97 Å². The first kappa shape index (κ1) is 50.9. The van der Waals surface area contributed by atoms with Crippen molar-refractivity contribution in [3.8, 4) is 0 Å². The number of oxime groups is 1. The lowest BCUT2D eigenvalue weighted by Gasteiger charge is -2.49. The summed E-state index contributed by atoms with van der Waals surface area (Å²) >= 11 is 3.00. The third-order valence-corrected chi connectivity index (χ3v) is 16.5. The Hall–Kier alpha value is -7.63. The highest BCUT2D eigenvalue weighted by Crippen LogP contribution is 2.43. The summed E-state index contributed by atoms with van der Waals surface area (Å²) in [5, 5.41) is 12.4. The van der Waals surface area contributed by atoms with Crippen molar-refractivity contribution in [3.05, 3.63) is 256 Å². The van der Waals surface area contributed by atoms with Crippen molar-refractivity contribution in [2.75, 3.05) is 23.0 Å². The Kier molecular flexibility index (Phi) is 15.5. The summed E-state index contributed by atoms with van der Waals surface area (Å²) in [5.41, 5.74) is 5.06. The highest BCUT2D eigenvalue weighted by Gasteiger charge is 2.61. The molecule has 13 nitrogen and oxygen atoms in total. The minimum atomic E-state index is -1.68. The molecule has 2 N–H and O–H groups in total. The first-order chi connectivity index (χ1) is 36.8. The molecule has 2 amide bonds. The zero-order valence-electron chi connectivity index (χ0n) is 40.8. The van der Waals surface area contributed by atoms with Crippen molar-refractivity contribution in [2.45, 2.75) is 48.9 Å². The van der Waals surface area contributed by atoms with Gasteiger partial charge < -0.3 is 29.3 Å². The van der Waals surface area contributed by atoms with Crippen LogP contribution < -0.4 is 10.6 Å². The Morgan fingerprint density at radius 3 is 1.79 bits per heavy atom. The fourth-order valence-corrected chi connectivity index (χ4v) is 13.0. The minimum absolute atomic E-state index is 0.00813. The van der Waals surface area contributed by atoms with Crippen molar-refractivity contribution >= 4 is 67.1 Å². The number of carbonyl (C=O) groups excluding carboxylic acids is 3. The summed E-state index contributed by atoms with van der Waals surface area (Å²) in [7, 11) is 0. The average Bonchev–Trinajstić information content (AvgIpc) is 4.15. The SMILES string of the molecule is CCCCOC(=O)C1=C(CBr)C[S+]([O-])[C@@H]2[C@@H](NC(=O)/C(=N\OCc3cn(C(c4ccccc4)(c4ccccc4)c4ccccc4)cn3)c3csc(NC(c4ccccc4)(c4ccccc4)c4ccccc4)n3)C(=O)N12. The van der Waals surface area contributed by atoms with Crippen LogP contribution in [0.1, 0.15) is 64.5 Å². The van der Waals surface area contributed by atoms with Crippen LogP contribution in [0.25, 0.3) is 0 Å². The number of hydrogen-bond donors (Lipinski definition) is 2. The van der Waals surface area contributed by atoms with E-state index in [2.05, 4.69) is 109 Å². The van der Waals surface area contributed by atoms with Crippen LogP contribution in [0.5, 0.6) is 0 Å². The molecule has 3 atom stereocenters. The number of imidazole rings is 1. The maximum absolute atomic E-state index is 14.8. The maximum Gasteiger partial charge on any atom is 0.355 e. The second-order valence-corrected chi connectivity index (χ2v) is 20.9. The summed E-state index contributed by atoms with van der Waals surface area (Å²) in [6.07, 6.45) is 5.12. The van der Waals surface area contributed by atoms with E-state index in [1.165, 1.54) is 16.2 Å². The molecular weight excluding hydrogens is 1050 g/mol. The summed E-state index contributed by atoms with van der Waals surface area (Å²) in [6, 6.07) is 59.6. The van der Waals surface area contributed by atoms with E-state index < -0.39 is 51.5 Å². The second kappa shape index (κ2) is 22.9. The van der Waals surface area contributed by atoms with Gasteiger partial charge in [0.2, 0.25) is 5.37 Å². The van der Waals surface area contributed by atoms with Crippen LogP contribution in [0.3, 0.4) is 0 Å². The number of nitrogens with zero attached hydrogens (tertiary/aromatic N) is 5. The first-order valence-electron chi connectivity index (χ1n) is 24.5. The molecule has 0 bridgehead atoms. The number of fused-ring (bicyclic) bond motifs is 1. The zero-order chi connectivity index (χ0) is 51.8. The van der Waals surface area contributed by atoms with Crippen LogP contribution in [0.15, 0.2) is 216 Å². The standard InChI is InChI=1S/C59H52BrN7O6S2/c1-2-3-34-72-56(70)52-41(35-60)39-75(71)55-51(54(69)67(52)55)63-53(68)50(49-38-74-57(62-49)64-58(42-22-10-4-11-23-42,43-24-12-5-13-25-43)44-26-14-6-15-27-44)65-73-37-48-36-66(40-61-48)59(45-28-16-7-17-29-45,46-30-18-8-19-31-46)47-32-20-9-21-33-47/h4-33,36,38,40,51,55H,2-3,34-35,37,39H2,1H3,(H,62,64)(H,63,68)/b65-50-/t51-,55+,75?/m0/s1. The van der Waals surface area contributed by atoms with Gasteiger partial charge in [-0.05, 0) is 51.0 Å². The number of benzene rings is 6. The lowest BCUT2D eigenvalue weighted by Crippen LogP contribution is -2.75. The fourth-order valence-electron chi connectivity index (χ4n) is 9.89. The topological polar surface area (TPSA) is 163 Å². The van der Waals surface area contributed by atoms with E-state index in [0.29, 0.717) is 22.8 Å². The van der Waals surface area contributed by atoms with Crippen LogP contribution >= 0.6 is 27.3 Å². The van der Waals surface area contributed by atoms with Gasteiger partial charge in [0.1, 0.15) is 28.2 Å². The second-order valence-electron chi connectivity index (χ2n) is 18.0. The van der Waals surface area contributed by atoms with Crippen molar-refractivity contribution in [3.63, 3.8) is 0 Å². The molecule has 0 radical (unpaired) electrons. The number of unbranched alkanes of at least 4 members (excludes halogenated alkanes) is 1. The van der Waals surface area contributed by atoms with Crippen LogP contribution in [0.4, 0.5) is 5.13 Å². The molecule has 2 aliphatic heterocycles. The molecule has 8 aromatic rings. The normalized spacial score (nSPS) is 16.7. The molecule has 0 saturated carbocycles. The molecule has 16 heteroatoms. The van der Waals surface area contributed by atoms with Gasteiger partial charge in [-0.25, -0.2) is 14.8 Å². The van der Waals surface area contributed by atoms with Crippen molar-refractivity contribution in [1.29, 1.82) is 0 Å². The molecule has 0 aliphatic carbocycles. The molecule has 1 unspecified atom stereocenters. The predicted molar refractivity (Wildman–Crippen MR) is 295 cm³/mol. The number of ether oxygens (including phenoxy) is 1. The Labute approximate surface area is 450 Å². The summed E-state index contributed by atoms with van der Waals surface area (Å²) in [5.74, 6) is -2.07. The molecule has 2 aromatic heterocycles. The van der Waals surface area contributed by atoms with E-state index in [1.54, 1.807) is 11.7 Å². The minimum Gasteiger partial charge on any atom is -0.614 e. The number of rotatable bonds is 20. The van der Waals surface area contributed by atoms with E-state index in [4.69, 9.17) is 19.5 Å². The maximum atomic E-state index is 14.8. The van der Waals surface area contributed by atoms with Gasteiger partial charge in [-0.1, -0.05) is 216 Å². The molecule has 378 valence electrons. The summed E-state index contributed by atoms with van der Waals surface area (Å²) in [4.78, 5) is 59.5. The third kappa shape index (κ3) is 9.94. The van der Waals surface area contributed by atoms with Crippen molar-refractivity contribution in [2.24, 2.45) is 5.16 Å². The van der Waals surface area contributed by atoms with Gasteiger partial charge in [0, 0.05) is 22.5 Å². The van der Waals surface area contributed by atoms with E-state index in [1.807, 2.05) is 122 Å². The van der Waals surface area contributed by atoms with E-state index >= 15 is 0 Å². The Morgan fingerprint density at radius 1 is 0.787 bits per heavy atom. The van der Waals surface area contributed by atoms with E-state index in [9.17, 15) is 18.9 Å². The molecule has 75 heavy (non-hydrogen) atoms. The van der Waals surface area contributed by atoms with E-state index in [0.717, 1.165) is 39.8 Å². The van der Waals surface area contributed by atoms with Crippen molar-refractivity contribution in [1.82, 2.24) is 24.8 Å². The Bertz CT molecular complexity index is 3120. The zero-order valence-corrected chi connectivity index (χ0v) is 44.0. The van der Waals surface area contributed by atoms with Crippen LogP contribution in [0.2, 0.25) is 0 Å². The number of carbonyl (C=O) groups is 3. The molecule has 1 saturated heterocycles. The molecule has 4 heterocycles. The number of anilines is 1. The van der Waals surface area contributed by atoms with Gasteiger partial charge in [0.25, 0.3) is 11.8 Å². The number of thiazole rings is 1. The number of esters is 1. The predicted octanol–water partition coefficient (Wildman–Crippen LogP) is 9.91. The largest absolute Gasteiger partial charge is 0.614 e. The van der Waals surface area contributed by atoms with Gasteiger partial charge in [-0.2, -0.15) is 0 Å². The number of β-lactam (4-membered cyclic amide) rings is 1. The molecule has 2 aliphatic rings. The fraction of sp³-hybridized carbons (Fsp3) is 0.186. The smallest absolute Gasteiger partial charge is 0.355 e. The monoisotopic (exact) mass is 1100 g/mol. The van der Waals surface area contributed by atoms with Crippen molar-refractivity contribution < 1.29 is 28.5 Å². The molecule has 10 rings (SSSR count). The Morgan fingerprint density at radius 2 is 1.29 bits per heavy atom. The summed E-state index contributed by atoms with van der Waals surface area (Å²) in [6.45, 7) is 2.00. The van der Waals surface area contributed by atoms with Crippen LogP contribution in [0, 0.1) is 0 Å². The van der Waals surface area contributed by atoms with Crippen LogP contribution in [-0.4, -0.2) is 76.6 Å². The lowest BCUT2D eigenvalue weighted by atomic mass is 9.77. The summed E-state index contributed by atoms with van der Waals surface area (Å²) < 4.78 is 21.5. The number of halogens is 1. The first-order valence-corrected chi connectivity index (χ1v) is 27.9. The van der Waals surface area contributed by atoms with Gasteiger partial charge in [0.15, 0.2) is 23.5 Å². The molecule has 6 aromatic carbocycles. The van der Waals surface area contributed by atoms with Gasteiger partial charge in [0.05, 0.1) is 18.6 Å². The van der Waals surface area contributed by atoms with Crippen LogP contribution in [-0.2, 0) is 52.8 Å². The molecule has 1 fully saturated rings. The average molecular weight is 1100 g/mol. The number of aromatic nitrogens is 3.